The fourth-order valence-electron chi connectivity index (χ4n) is 4.25. The van der Waals surface area contributed by atoms with Crippen molar-refractivity contribution in [3.8, 4) is 0 Å². The third-order valence-corrected chi connectivity index (χ3v) is 7.02. The van der Waals surface area contributed by atoms with Crippen LogP contribution in [-0.2, 0) is 21.1 Å². The summed E-state index contributed by atoms with van der Waals surface area (Å²) in [6.07, 6.45) is 4.74. The van der Waals surface area contributed by atoms with Crippen LogP contribution in [-0.4, -0.2) is 40.2 Å². The Balaban J connectivity index is 1.33. The maximum Gasteiger partial charge on any atom is 0.227 e. The van der Waals surface area contributed by atoms with Gasteiger partial charge in [0.2, 0.25) is 5.91 Å². The molecule has 0 spiro atoms. The molecule has 2 aliphatic rings. The Morgan fingerprint density at radius 3 is 2.36 bits per heavy atom. The average molecular weight is 399 g/mol. The van der Waals surface area contributed by atoms with Gasteiger partial charge >= 0.3 is 0 Å². The van der Waals surface area contributed by atoms with Gasteiger partial charge in [0.05, 0.1) is 4.90 Å². The van der Waals surface area contributed by atoms with E-state index in [1.807, 2.05) is 35.2 Å². The summed E-state index contributed by atoms with van der Waals surface area (Å²) < 4.78 is 23.2. The number of rotatable bonds is 4. The Kier molecular flexibility index (Phi) is 5.15. The van der Waals surface area contributed by atoms with Gasteiger partial charge in [-0.2, -0.15) is 0 Å². The van der Waals surface area contributed by atoms with Crippen LogP contribution in [0.25, 0.3) is 0 Å². The average Bonchev–Trinajstić information content (AvgIpc) is 3.12. The number of benzene rings is 2. The minimum atomic E-state index is -3.16. The Bertz CT molecular complexity index is 962. The number of sulfone groups is 1. The molecule has 1 saturated heterocycles. The Morgan fingerprint density at radius 1 is 1.00 bits per heavy atom. The van der Waals surface area contributed by atoms with E-state index < -0.39 is 9.84 Å². The van der Waals surface area contributed by atoms with Crippen molar-refractivity contribution in [2.24, 2.45) is 5.92 Å². The molecular weight excluding hydrogens is 372 g/mol. The van der Waals surface area contributed by atoms with Crippen molar-refractivity contribution in [3.63, 3.8) is 0 Å². The van der Waals surface area contributed by atoms with Crippen LogP contribution in [0.3, 0.4) is 0 Å². The van der Waals surface area contributed by atoms with Gasteiger partial charge in [-0.05, 0) is 61.1 Å². The van der Waals surface area contributed by atoms with Crippen molar-refractivity contribution in [2.45, 2.75) is 30.6 Å². The fourth-order valence-corrected chi connectivity index (χ4v) is 4.88. The SMILES string of the molecule is CS(=O)(=O)c1ccc(N2CCC(CC(=O)N3CCc4ccccc43)CC2)cc1. The van der Waals surface area contributed by atoms with Crippen molar-refractivity contribution >= 4 is 27.1 Å². The molecule has 0 N–H and O–H groups in total. The number of hydrogen-bond donors (Lipinski definition) is 0. The highest BCUT2D eigenvalue weighted by Crippen LogP contribution is 2.31. The van der Waals surface area contributed by atoms with Crippen LogP contribution in [0.1, 0.15) is 24.8 Å². The third-order valence-electron chi connectivity index (χ3n) is 5.90. The first-order valence-corrected chi connectivity index (χ1v) is 11.7. The molecular formula is C22H26N2O3S. The molecule has 0 bridgehead atoms. The van der Waals surface area contributed by atoms with Crippen molar-refractivity contribution in [3.05, 3.63) is 54.1 Å². The van der Waals surface area contributed by atoms with Gasteiger partial charge in [0.15, 0.2) is 9.84 Å². The van der Waals surface area contributed by atoms with Crippen molar-refractivity contribution in [1.82, 2.24) is 0 Å². The van der Waals surface area contributed by atoms with Crippen LogP contribution in [0.2, 0.25) is 0 Å². The molecule has 0 unspecified atom stereocenters. The molecule has 6 heteroatoms. The quantitative estimate of drug-likeness (QED) is 0.793. The van der Waals surface area contributed by atoms with E-state index in [1.54, 1.807) is 12.1 Å². The van der Waals surface area contributed by atoms with E-state index in [0.717, 1.165) is 50.3 Å². The summed E-state index contributed by atoms with van der Waals surface area (Å²) in [4.78, 5) is 17.4. The molecule has 2 heterocycles. The van der Waals surface area contributed by atoms with Gasteiger partial charge < -0.3 is 9.80 Å². The monoisotopic (exact) mass is 398 g/mol. The first kappa shape index (κ1) is 19.0. The minimum absolute atomic E-state index is 0.237. The van der Waals surface area contributed by atoms with E-state index in [1.165, 1.54) is 11.8 Å². The molecule has 4 rings (SSSR count). The number of piperidine rings is 1. The number of carbonyl (C=O) groups is 1. The van der Waals surface area contributed by atoms with Gasteiger partial charge in [-0.1, -0.05) is 18.2 Å². The zero-order valence-corrected chi connectivity index (χ0v) is 17.0. The van der Waals surface area contributed by atoms with E-state index in [9.17, 15) is 13.2 Å². The largest absolute Gasteiger partial charge is 0.372 e. The van der Waals surface area contributed by atoms with Gasteiger partial charge in [-0.25, -0.2) is 8.42 Å². The lowest BCUT2D eigenvalue weighted by Crippen LogP contribution is -2.37. The standard InChI is InChI=1S/C22H26N2O3S/c1-28(26,27)20-8-6-19(7-9-20)23-13-10-17(11-14-23)16-22(25)24-15-12-18-4-2-3-5-21(18)24/h2-9,17H,10-16H2,1H3. The molecule has 0 saturated carbocycles. The fraction of sp³-hybridized carbons (Fsp3) is 0.409. The summed E-state index contributed by atoms with van der Waals surface area (Å²) in [7, 11) is -3.16. The number of amides is 1. The first-order chi connectivity index (χ1) is 13.4. The second-order valence-electron chi connectivity index (χ2n) is 7.82. The number of fused-ring (bicyclic) bond motifs is 1. The molecule has 2 aromatic rings. The summed E-state index contributed by atoms with van der Waals surface area (Å²) in [5, 5.41) is 0. The number of para-hydroxylation sites is 1. The number of anilines is 2. The number of carbonyl (C=O) groups excluding carboxylic acids is 1. The summed E-state index contributed by atoms with van der Waals surface area (Å²) in [6, 6.07) is 15.3. The van der Waals surface area contributed by atoms with Gasteiger partial charge in [-0.15, -0.1) is 0 Å². The third kappa shape index (κ3) is 3.92. The van der Waals surface area contributed by atoms with E-state index in [4.69, 9.17) is 0 Å². The van der Waals surface area contributed by atoms with E-state index >= 15 is 0 Å². The summed E-state index contributed by atoms with van der Waals surface area (Å²) in [5.41, 5.74) is 3.39. The highest BCUT2D eigenvalue weighted by Gasteiger charge is 2.28. The summed E-state index contributed by atoms with van der Waals surface area (Å²) >= 11 is 0. The zero-order valence-electron chi connectivity index (χ0n) is 16.2. The van der Waals surface area contributed by atoms with Crippen LogP contribution in [0, 0.1) is 5.92 Å². The normalized spacial score (nSPS) is 17.6. The Morgan fingerprint density at radius 2 is 1.68 bits per heavy atom. The van der Waals surface area contributed by atoms with Crippen LogP contribution < -0.4 is 9.80 Å². The molecule has 148 valence electrons. The van der Waals surface area contributed by atoms with Crippen LogP contribution in [0.15, 0.2) is 53.4 Å². The van der Waals surface area contributed by atoms with Crippen LogP contribution >= 0.6 is 0 Å². The maximum atomic E-state index is 12.8. The number of hydrogen-bond acceptors (Lipinski definition) is 4. The van der Waals surface area contributed by atoms with Gasteiger partial charge in [0.1, 0.15) is 0 Å². The predicted octanol–water partition coefficient (Wildman–Crippen LogP) is 3.29. The van der Waals surface area contributed by atoms with Gasteiger partial charge in [0, 0.05) is 43.7 Å². The maximum absolute atomic E-state index is 12.8. The zero-order chi connectivity index (χ0) is 19.7. The van der Waals surface area contributed by atoms with Crippen LogP contribution in [0.5, 0.6) is 0 Å². The lowest BCUT2D eigenvalue weighted by atomic mass is 9.92. The van der Waals surface area contributed by atoms with Gasteiger partial charge in [0.25, 0.3) is 0 Å². The van der Waals surface area contributed by atoms with E-state index in [-0.39, 0.29) is 5.91 Å². The first-order valence-electron chi connectivity index (χ1n) is 9.85. The van der Waals surface area contributed by atoms with Crippen molar-refractivity contribution in [2.75, 3.05) is 35.7 Å². The van der Waals surface area contributed by atoms with Crippen molar-refractivity contribution in [1.29, 1.82) is 0 Å². The molecule has 0 radical (unpaired) electrons. The smallest absolute Gasteiger partial charge is 0.227 e. The molecule has 2 aliphatic heterocycles. The highest BCUT2D eigenvalue weighted by atomic mass is 32.2. The van der Waals surface area contributed by atoms with Gasteiger partial charge in [-0.3, -0.25) is 4.79 Å². The second kappa shape index (κ2) is 7.59. The second-order valence-corrected chi connectivity index (χ2v) is 9.84. The molecule has 0 atom stereocenters. The molecule has 1 fully saturated rings. The predicted molar refractivity (Wildman–Crippen MR) is 112 cm³/mol. The lowest BCUT2D eigenvalue weighted by molar-refractivity contribution is -0.119. The molecule has 28 heavy (non-hydrogen) atoms. The molecule has 2 aromatic carbocycles. The van der Waals surface area contributed by atoms with E-state index in [2.05, 4.69) is 11.0 Å². The molecule has 5 nitrogen and oxygen atoms in total. The minimum Gasteiger partial charge on any atom is -0.372 e. The number of nitrogens with zero attached hydrogens (tertiary/aromatic N) is 2. The highest BCUT2D eigenvalue weighted by molar-refractivity contribution is 7.90. The Labute approximate surface area is 166 Å². The summed E-state index contributed by atoms with van der Waals surface area (Å²) in [6.45, 7) is 2.59. The summed E-state index contributed by atoms with van der Waals surface area (Å²) in [5.74, 6) is 0.646. The van der Waals surface area contributed by atoms with Crippen LogP contribution in [0.4, 0.5) is 11.4 Å². The molecule has 1 amide bonds. The lowest BCUT2D eigenvalue weighted by Gasteiger charge is -2.34. The Hall–Kier alpha value is -2.34. The molecule has 0 aliphatic carbocycles. The van der Waals surface area contributed by atoms with E-state index in [0.29, 0.717) is 17.2 Å². The van der Waals surface area contributed by atoms with Crippen molar-refractivity contribution < 1.29 is 13.2 Å². The molecule has 0 aromatic heterocycles. The topological polar surface area (TPSA) is 57.7 Å².